The fourth-order valence-electron chi connectivity index (χ4n) is 2.25. The summed E-state index contributed by atoms with van der Waals surface area (Å²) in [5, 5.41) is 4.22. The molecule has 1 aromatic heterocycles. The molecule has 0 unspecified atom stereocenters. The van der Waals surface area contributed by atoms with Crippen LogP contribution in [-0.2, 0) is 12.3 Å². The van der Waals surface area contributed by atoms with Crippen LogP contribution in [0.4, 0.5) is 0 Å². The zero-order valence-corrected chi connectivity index (χ0v) is 12.0. The number of aromatic nitrogens is 2. The number of thioether (sulfide) groups is 1. The summed E-state index contributed by atoms with van der Waals surface area (Å²) in [6.45, 7) is 4.09. The van der Waals surface area contributed by atoms with Gasteiger partial charge in [-0.15, -0.1) is 0 Å². The number of rotatable bonds is 7. The Morgan fingerprint density at radius 2 is 2.22 bits per heavy atom. The highest BCUT2D eigenvalue weighted by Crippen LogP contribution is 2.30. The molecule has 0 aliphatic heterocycles. The summed E-state index contributed by atoms with van der Waals surface area (Å²) in [6, 6.07) is 2.01. The van der Waals surface area contributed by atoms with Gasteiger partial charge in [-0.3, -0.25) is 0 Å². The van der Waals surface area contributed by atoms with Gasteiger partial charge in [0, 0.05) is 18.0 Å². The summed E-state index contributed by atoms with van der Waals surface area (Å²) in [6.07, 6.45) is 8.61. The maximum Gasteiger partial charge on any atom is 0.138 e. The minimum Gasteiger partial charge on any atom is -0.311 e. The van der Waals surface area contributed by atoms with E-state index in [1.54, 1.807) is 0 Å². The molecule has 3 nitrogen and oxygen atoms in total. The molecule has 0 aromatic carbocycles. The van der Waals surface area contributed by atoms with Gasteiger partial charge in [0.05, 0.1) is 11.4 Å². The Hall–Kier alpha value is -0.610. The molecular weight excluding hydrogens is 242 g/mol. The molecule has 1 fully saturated rings. The third kappa shape index (κ3) is 4.58. The van der Waals surface area contributed by atoms with Crippen LogP contribution in [-0.4, -0.2) is 21.8 Å². The van der Waals surface area contributed by atoms with Crippen molar-refractivity contribution in [1.82, 2.24) is 15.3 Å². The predicted octanol–water partition coefficient (Wildman–Crippen LogP) is 3.15. The largest absolute Gasteiger partial charge is 0.311 e. The van der Waals surface area contributed by atoms with Crippen LogP contribution < -0.4 is 5.32 Å². The average molecular weight is 265 g/mol. The Bertz CT molecular complexity index is 351. The van der Waals surface area contributed by atoms with Crippen molar-refractivity contribution >= 4 is 11.8 Å². The number of nitrogens with one attached hydrogen (secondary N) is 1. The van der Waals surface area contributed by atoms with E-state index in [2.05, 4.69) is 22.2 Å². The number of nitrogens with zero attached hydrogens (tertiary/aromatic N) is 2. The van der Waals surface area contributed by atoms with Crippen molar-refractivity contribution in [3.8, 4) is 0 Å². The third-order valence-electron chi connectivity index (χ3n) is 3.25. The average Bonchev–Trinajstić information content (AvgIpc) is 2.90. The van der Waals surface area contributed by atoms with Gasteiger partial charge in [-0.1, -0.05) is 19.8 Å². The van der Waals surface area contributed by atoms with Crippen molar-refractivity contribution < 1.29 is 0 Å². The van der Waals surface area contributed by atoms with Crippen LogP contribution in [0.1, 0.15) is 50.5 Å². The lowest BCUT2D eigenvalue weighted by molar-refractivity contribution is 0.660. The van der Waals surface area contributed by atoms with Crippen LogP contribution in [0.2, 0.25) is 0 Å². The molecule has 0 bridgehead atoms. The SMILES string of the molecule is CCCNCc1ccnc(CSC2CCCC2)n1. The van der Waals surface area contributed by atoms with E-state index in [9.17, 15) is 0 Å². The Balaban J connectivity index is 1.78. The van der Waals surface area contributed by atoms with Crippen LogP contribution >= 0.6 is 11.8 Å². The van der Waals surface area contributed by atoms with E-state index in [-0.39, 0.29) is 0 Å². The van der Waals surface area contributed by atoms with Crippen molar-refractivity contribution in [2.75, 3.05) is 6.54 Å². The first kappa shape index (κ1) is 13.8. The van der Waals surface area contributed by atoms with Crippen molar-refractivity contribution in [1.29, 1.82) is 0 Å². The lowest BCUT2D eigenvalue weighted by atomic mass is 10.4. The highest BCUT2D eigenvalue weighted by Gasteiger charge is 2.15. The zero-order chi connectivity index (χ0) is 12.6. The molecule has 0 radical (unpaired) electrons. The maximum absolute atomic E-state index is 4.61. The predicted molar refractivity (Wildman–Crippen MR) is 77.6 cm³/mol. The van der Waals surface area contributed by atoms with Gasteiger partial charge in [-0.05, 0) is 31.9 Å². The molecular formula is C14H23N3S. The highest BCUT2D eigenvalue weighted by molar-refractivity contribution is 7.99. The molecule has 1 aliphatic carbocycles. The van der Waals surface area contributed by atoms with Crippen LogP contribution in [0.25, 0.3) is 0 Å². The maximum atomic E-state index is 4.61. The van der Waals surface area contributed by atoms with Crippen molar-refractivity contribution in [2.24, 2.45) is 0 Å². The van der Waals surface area contributed by atoms with Crippen LogP contribution in [0.15, 0.2) is 12.3 Å². The topological polar surface area (TPSA) is 37.8 Å². The molecule has 4 heteroatoms. The van der Waals surface area contributed by atoms with E-state index in [1.807, 2.05) is 24.0 Å². The molecule has 18 heavy (non-hydrogen) atoms. The molecule has 1 heterocycles. The molecule has 1 aromatic rings. The molecule has 1 aliphatic rings. The van der Waals surface area contributed by atoms with E-state index in [0.29, 0.717) is 0 Å². The van der Waals surface area contributed by atoms with E-state index in [4.69, 9.17) is 0 Å². The summed E-state index contributed by atoms with van der Waals surface area (Å²) < 4.78 is 0. The van der Waals surface area contributed by atoms with Gasteiger partial charge in [0.25, 0.3) is 0 Å². The molecule has 2 rings (SSSR count). The van der Waals surface area contributed by atoms with E-state index >= 15 is 0 Å². The van der Waals surface area contributed by atoms with Gasteiger partial charge in [-0.25, -0.2) is 9.97 Å². The van der Waals surface area contributed by atoms with Gasteiger partial charge >= 0.3 is 0 Å². The Kier molecular flexibility index (Phi) is 5.94. The molecule has 0 amide bonds. The Labute approximate surface area is 114 Å². The molecule has 0 atom stereocenters. The summed E-state index contributed by atoms with van der Waals surface area (Å²) in [5.74, 6) is 1.95. The second-order valence-corrected chi connectivity index (χ2v) is 6.15. The number of hydrogen-bond acceptors (Lipinski definition) is 4. The Morgan fingerprint density at radius 3 is 3.00 bits per heavy atom. The van der Waals surface area contributed by atoms with Crippen LogP contribution in [0, 0.1) is 0 Å². The van der Waals surface area contributed by atoms with Crippen LogP contribution in [0.5, 0.6) is 0 Å². The Morgan fingerprint density at radius 1 is 1.39 bits per heavy atom. The van der Waals surface area contributed by atoms with Gasteiger partial charge in [0.2, 0.25) is 0 Å². The first-order valence-electron chi connectivity index (χ1n) is 7.01. The van der Waals surface area contributed by atoms with Crippen molar-refractivity contribution in [3.63, 3.8) is 0 Å². The fourth-order valence-corrected chi connectivity index (χ4v) is 3.44. The minimum absolute atomic E-state index is 0.843. The monoisotopic (exact) mass is 265 g/mol. The lowest BCUT2D eigenvalue weighted by Gasteiger charge is -2.08. The quantitative estimate of drug-likeness (QED) is 0.769. The van der Waals surface area contributed by atoms with Gasteiger partial charge in [-0.2, -0.15) is 11.8 Å². The smallest absolute Gasteiger partial charge is 0.138 e. The van der Waals surface area contributed by atoms with Gasteiger partial charge < -0.3 is 5.32 Å². The molecule has 1 saturated carbocycles. The van der Waals surface area contributed by atoms with Crippen molar-refractivity contribution in [3.05, 3.63) is 23.8 Å². The second-order valence-electron chi connectivity index (χ2n) is 4.86. The summed E-state index contributed by atoms with van der Waals surface area (Å²) in [5.41, 5.74) is 1.11. The van der Waals surface area contributed by atoms with Gasteiger partial charge in [0.15, 0.2) is 0 Å². The van der Waals surface area contributed by atoms with E-state index in [1.165, 1.54) is 25.7 Å². The zero-order valence-electron chi connectivity index (χ0n) is 11.2. The van der Waals surface area contributed by atoms with Crippen molar-refractivity contribution in [2.45, 2.75) is 56.6 Å². The first-order valence-corrected chi connectivity index (χ1v) is 8.06. The normalized spacial score (nSPS) is 16.3. The second kappa shape index (κ2) is 7.74. The van der Waals surface area contributed by atoms with Crippen LogP contribution in [0.3, 0.4) is 0 Å². The first-order chi connectivity index (χ1) is 8.88. The summed E-state index contributed by atoms with van der Waals surface area (Å²) >= 11 is 2.03. The van der Waals surface area contributed by atoms with Gasteiger partial charge in [0.1, 0.15) is 5.82 Å². The third-order valence-corrected chi connectivity index (χ3v) is 4.61. The lowest BCUT2D eigenvalue weighted by Crippen LogP contribution is -2.15. The summed E-state index contributed by atoms with van der Waals surface area (Å²) in [7, 11) is 0. The minimum atomic E-state index is 0.843. The molecule has 1 N–H and O–H groups in total. The van der Waals surface area contributed by atoms with E-state index < -0.39 is 0 Å². The highest BCUT2D eigenvalue weighted by atomic mass is 32.2. The number of hydrogen-bond donors (Lipinski definition) is 1. The molecule has 100 valence electrons. The molecule has 0 saturated heterocycles. The molecule has 0 spiro atoms. The van der Waals surface area contributed by atoms with E-state index in [0.717, 1.165) is 42.0 Å². The fraction of sp³-hybridized carbons (Fsp3) is 0.714. The summed E-state index contributed by atoms with van der Waals surface area (Å²) in [4.78, 5) is 8.98. The standard InChI is InChI=1S/C14H23N3S/c1-2-8-15-10-12-7-9-16-14(17-12)11-18-13-5-3-4-6-13/h7,9,13,15H,2-6,8,10-11H2,1H3.